The summed E-state index contributed by atoms with van der Waals surface area (Å²) in [6, 6.07) is 64.3. The van der Waals surface area contributed by atoms with Gasteiger partial charge in [0.15, 0.2) is 5.82 Å². The van der Waals surface area contributed by atoms with E-state index >= 15 is 0 Å². The van der Waals surface area contributed by atoms with Gasteiger partial charge in [-0.05, 0) is 75.0 Å². The number of benzene rings is 8. The second-order valence-electron chi connectivity index (χ2n) is 13.7. The Balaban J connectivity index is 1.11. The van der Waals surface area contributed by atoms with Gasteiger partial charge >= 0.3 is 0 Å². The van der Waals surface area contributed by atoms with Crippen molar-refractivity contribution in [1.82, 2.24) is 9.97 Å². The summed E-state index contributed by atoms with van der Waals surface area (Å²) in [5.41, 5.74) is 12.5. The van der Waals surface area contributed by atoms with E-state index in [1.807, 2.05) is 18.2 Å². The molecule has 0 aliphatic heterocycles. The van der Waals surface area contributed by atoms with Crippen molar-refractivity contribution in [1.29, 1.82) is 0 Å². The normalized spacial score (nSPS) is 11.7. The van der Waals surface area contributed by atoms with Crippen LogP contribution in [0.3, 0.4) is 0 Å². The predicted molar refractivity (Wildman–Crippen MR) is 227 cm³/mol. The molecular formula is C50H30N2OS. The molecule has 3 nitrogen and oxygen atoms in total. The van der Waals surface area contributed by atoms with Crippen molar-refractivity contribution in [3.8, 4) is 56.0 Å². The lowest BCUT2D eigenvalue weighted by atomic mass is 9.96. The van der Waals surface area contributed by atoms with Crippen molar-refractivity contribution < 1.29 is 4.42 Å². The Bertz CT molecular complexity index is 3200. The highest BCUT2D eigenvalue weighted by Gasteiger charge is 2.22. The molecule has 0 unspecified atom stereocenters. The van der Waals surface area contributed by atoms with Crippen LogP contribution in [0.15, 0.2) is 186 Å². The maximum atomic E-state index is 6.71. The molecule has 11 rings (SSSR count). The first-order chi connectivity index (χ1) is 26.7. The van der Waals surface area contributed by atoms with Crippen LogP contribution in [0.25, 0.3) is 109 Å². The van der Waals surface area contributed by atoms with Gasteiger partial charge in [-0.2, -0.15) is 0 Å². The fourth-order valence-corrected chi connectivity index (χ4v) is 8.98. The number of hydrogen-bond acceptors (Lipinski definition) is 4. The first-order valence-electron chi connectivity index (χ1n) is 18.1. The van der Waals surface area contributed by atoms with E-state index < -0.39 is 0 Å². The second kappa shape index (κ2) is 12.4. The minimum Gasteiger partial charge on any atom is -0.455 e. The largest absolute Gasteiger partial charge is 0.455 e. The van der Waals surface area contributed by atoms with Crippen LogP contribution in [0.2, 0.25) is 0 Å². The molecule has 0 N–H and O–H groups in total. The topological polar surface area (TPSA) is 38.9 Å². The minimum atomic E-state index is 0.683. The second-order valence-corrected chi connectivity index (χ2v) is 14.8. The van der Waals surface area contributed by atoms with Gasteiger partial charge in [0.05, 0.1) is 15.9 Å². The SMILES string of the molecule is c1ccc(-c2ccc(-c3ccc(-c4nc(-c5ccc6cc(-c7ccccc7)ccc6c5)c5sc6ccccc6c5n4)c4c3oc3ccccc34)cc2)cc1. The van der Waals surface area contributed by atoms with Crippen LogP contribution in [0.1, 0.15) is 0 Å². The molecular weight excluding hydrogens is 677 g/mol. The molecule has 0 spiro atoms. The first-order valence-corrected chi connectivity index (χ1v) is 19.0. The molecule has 0 atom stereocenters. The minimum absolute atomic E-state index is 0.683. The molecule has 252 valence electrons. The van der Waals surface area contributed by atoms with Gasteiger partial charge < -0.3 is 4.42 Å². The molecule has 8 aromatic carbocycles. The average Bonchev–Trinajstić information content (AvgIpc) is 3.83. The highest BCUT2D eigenvalue weighted by atomic mass is 32.1. The van der Waals surface area contributed by atoms with Gasteiger partial charge in [0.2, 0.25) is 0 Å². The van der Waals surface area contributed by atoms with Crippen molar-refractivity contribution in [3.05, 3.63) is 182 Å². The van der Waals surface area contributed by atoms with E-state index in [1.54, 1.807) is 11.3 Å². The van der Waals surface area contributed by atoms with Crippen LogP contribution in [0, 0.1) is 0 Å². The molecule has 0 fully saturated rings. The fraction of sp³-hybridized carbons (Fsp3) is 0. The van der Waals surface area contributed by atoms with Crippen LogP contribution >= 0.6 is 11.3 Å². The number of rotatable bonds is 5. The number of para-hydroxylation sites is 1. The molecule has 3 aromatic heterocycles. The standard InChI is InChI=1S/C50H30N2OS/c1-3-11-31(12-4-1)33-19-21-34(22-20-33)39-27-28-42(45-40-15-7-9-17-43(40)53-48(39)45)50-51-46(49-47(52-50)41-16-8-10-18-44(41)54-49)38-26-25-36-29-35(23-24-37(36)30-38)32-13-5-2-6-14-32/h1-30H. The van der Waals surface area contributed by atoms with Gasteiger partial charge in [-0.15, -0.1) is 11.3 Å². The molecule has 4 heteroatoms. The van der Waals surface area contributed by atoms with Crippen LogP contribution in [-0.2, 0) is 0 Å². The smallest absolute Gasteiger partial charge is 0.161 e. The quantitative estimate of drug-likeness (QED) is 0.179. The lowest BCUT2D eigenvalue weighted by molar-refractivity contribution is 0.670. The van der Waals surface area contributed by atoms with Crippen LogP contribution < -0.4 is 0 Å². The molecule has 0 amide bonds. The Labute approximate surface area is 315 Å². The summed E-state index contributed by atoms with van der Waals surface area (Å²) in [6.07, 6.45) is 0. The summed E-state index contributed by atoms with van der Waals surface area (Å²) >= 11 is 1.76. The van der Waals surface area contributed by atoms with Gasteiger partial charge in [-0.25, -0.2) is 9.97 Å². The predicted octanol–water partition coefficient (Wildman–Crippen LogP) is 14.2. The van der Waals surface area contributed by atoms with E-state index in [9.17, 15) is 0 Å². The summed E-state index contributed by atoms with van der Waals surface area (Å²) in [7, 11) is 0. The van der Waals surface area contributed by atoms with Crippen molar-refractivity contribution in [2.24, 2.45) is 0 Å². The molecule has 0 aliphatic carbocycles. The van der Waals surface area contributed by atoms with Crippen molar-refractivity contribution >= 4 is 64.4 Å². The Morgan fingerprint density at radius 3 is 1.78 bits per heavy atom. The van der Waals surface area contributed by atoms with Gasteiger partial charge in [0.1, 0.15) is 11.2 Å². The highest BCUT2D eigenvalue weighted by Crippen LogP contribution is 2.44. The van der Waals surface area contributed by atoms with E-state index in [1.165, 1.54) is 37.7 Å². The van der Waals surface area contributed by atoms with E-state index in [0.717, 1.165) is 65.5 Å². The molecule has 54 heavy (non-hydrogen) atoms. The molecule has 0 radical (unpaired) electrons. The fourth-order valence-electron chi connectivity index (χ4n) is 7.82. The molecule has 0 aliphatic rings. The zero-order chi connectivity index (χ0) is 35.6. The molecule has 11 aromatic rings. The van der Waals surface area contributed by atoms with Crippen LogP contribution in [0.4, 0.5) is 0 Å². The number of hydrogen-bond donors (Lipinski definition) is 0. The van der Waals surface area contributed by atoms with E-state index in [-0.39, 0.29) is 0 Å². The Hall–Kier alpha value is -6.88. The number of aromatic nitrogens is 2. The number of fused-ring (bicyclic) bond motifs is 7. The molecule has 0 saturated heterocycles. The highest BCUT2D eigenvalue weighted by molar-refractivity contribution is 7.26. The van der Waals surface area contributed by atoms with Crippen LogP contribution in [-0.4, -0.2) is 9.97 Å². The van der Waals surface area contributed by atoms with Crippen molar-refractivity contribution in [2.75, 3.05) is 0 Å². The zero-order valence-corrected chi connectivity index (χ0v) is 29.8. The first kappa shape index (κ1) is 30.7. The summed E-state index contributed by atoms with van der Waals surface area (Å²) in [5, 5.41) is 5.57. The molecule has 0 bridgehead atoms. The molecule has 3 heterocycles. The maximum Gasteiger partial charge on any atom is 0.161 e. The molecule has 0 saturated carbocycles. The Kier molecular flexibility index (Phi) is 7.04. The van der Waals surface area contributed by atoms with Crippen molar-refractivity contribution in [2.45, 2.75) is 0 Å². The summed E-state index contributed by atoms with van der Waals surface area (Å²) in [6.45, 7) is 0. The third-order valence-electron chi connectivity index (χ3n) is 10.5. The van der Waals surface area contributed by atoms with E-state index in [0.29, 0.717) is 5.82 Å². The van der Waals surface area contributed by atoms with Gasteiger partial charge in [0.25, 0.3) is 0 Å². The zero-order valence-electron chi connectivity index (χ0n) is 29.0. The average molecular weight is 707 g/mol. The lowest BCUT2D eigenvalue weighted by Crippen LogP contribution is -1.95. The third kappa shape index (κ3) is 5.03. The lowest BCUT2D eigenvalue weighted by Gasteiger charge is -2.11. The van der Waals surface area contributed by atoms with Crippen LogP contribution in [0.5, 0.6) is 0 Å². The summed E-state index contributed by atoms with van der Waals surface area (Å²) in [4.78, 5) is 10.8. The van der Waals surface area contributed by atoms with Gasteiger partial charge in [-0.3, -0.25) is 0 Å². The summed E-state index contributed by atoms with van der Waals surface area (Å²) in [5.74, 6) is 0.683. The summed E-state index contributed by atoms with van der Waals surface area (Å²) < 4.78 is 8.99. The van der Waals surface area contributed by atoms with Gasteiger partial charge in [0, 0.05) is 37.5 Å². The number of nitrogens with zero attached hydrogens (tertiary/aromatic N) is 2. The van der Waals surface area contributed by atoms with Crippen molar-refractivity contribution in [3.63, 3.8) is 0 Å². The maximum absolute atomic E-state index is 6.71. The van der Waals surface area contributed by atoms with Gasteiger partial charge in [-0.1, -0.05) is 146 Å². The Morgan fingerprint density at radius 1 is 0.426 bits per heavy atom. The third-order valence-corrected chi connectivity index (χ3v) is 11.7. The monoisotopic (exact) mass is 706 g/mol. The van der Waals surface area contributed by atoms with E-state index in [4.69, 9.17) is 14.4 Å². The Morgan fingerprint density at radius 2 is 1.00 bits per heavy atom. The number of thiophene rings is 1. The van der Waals surface area contributed by atoms with E-state index in [2.05, 4.69) is 164 Å². The number of furan rings is 1.